The molecule has 2 aromatic rings. The molecular formula is C14H16N4OS. The van der Waals surface area contributed by atoms with E-state index < -0.39 is 0 Å². The van der Waals surface area contributed by atoms with E-state index in [0.717, 1.165) is 6.42 Å². The summed E-state index contributed by atoms with van der Waals surface area (Å²) in [4.78, 5) is 20.1. The normalized spacial score (nSPS) is 10.4. The second-order valence-corrected chi connectivity index (χ2v) is 5.21. The average molecular weight is 288 g/mol. The van der Waals surface area contributed by atoms with E-state index >= 15 is 0 Å². The van der Waals surface area contributed by atoms with Gasteiger partial charge in [-0.1, -0.05) is 43.0 Å². The molecule has 2 rings (SSSR count). The number of nitrogens with two attached hydrogens (primary N) is 2. The highest BCUT2D eigenvalue weighted by Crippen LogP contribution is 2.18. The van der Waals surface area contributed by atoms with E-state index in [4.69, 9.17) is 11.5 Å². The van der Waals surface area contributed by atoms with E-state index in [2.05, 4.69) is 16.9 Å². The minimum atomic E-state index is 0.0299. The number of anilines is 2. The predicted octanol–water partition coefficient (Wildman–Crippen LogP) is 2.18. The van der Waals surface area contributed by atoms with Gasteiger partial charge in [0.15, 0.2) is 10.9 Å². The summed E-state index contributed by atoms with van der Waals surface area (Å²) in [6.45, 7) is 2.08. The van der Waals surface area contributed by atoms with Crippen molar-refractivity contribution >= 4 is 29.2 Å². The summed E-state index contributed by atoms with van der Waals surface area (Å²) in [5.41, 5.74) is 13.1. The standard InChI is InChI=1S/C14H16N4OS/c1-2-9-3-5-10(6-4-9)11(19)8-20-14-17-12(15)7-13(16)18-14/h3-7H,2,8H2,1H3,(H4,15,16,17,18). The summed E-state index contributed by atoms with van der Waals surface area (Å²) >= 11 is 1.23. The third-order valence-electron chi connectivity index (χ3n) is 2.76. The quantitative estimate of drug-likeness (QED) is 0.497. The van der Waals surface area contributed by atoms with Crippen LogP contribution >= 0.6 is 11.8 Å². The van der Waals surface area contributed by atoms with Crippen LogP contribution in [0.1, 0.15) is 22.8 Å². The maximum absolute atomic E-state index is 12.0. The molecule has 4 N–H and O–H groups in total. The molecule has 0 amide bonds. The maximum atomic E-state index is 12.0. The second kappa shape index (κ2) is 6.38. The first kappa shape index (κ1) is 14.3. The Bertz CT molecular complexity index is 593. The fourth-order valence-corrected chi connectivity index (χ4v) is 2.43. The van der Waals surface area contributed by atoms with Gasteiger partial charge in [0.25, 0.3) is 0 Å². The van der Waals surface area contributed by atoms with Crippen molar-refractivity contribution in [2.24, 2.45) is 0 Å². The molecule has 0 atom stereocenters. The number of hydrogen-bond donors (Lipinski definition) is 2. The number of nitrogens with zero attached hydrogens (tertiary/aromatic N) is 2. The molecule has 20 heavy (non-hydrogen) atoms. The Balaban J connectivity index is 2.00. The number of benzene rings is 1. The zero-order valence-corrected chi connectivity index (χ0v) is 12.0. The molecule has 1 aromatic heterocycles. The Morgan fingerprint density at radius 1 is 1.15 bits per heavy atom. The first-order valence-corrected chi connectivity index (χ1v) is 7.22. The van der Waals surface area contributed by atoms with Gasteiger partial charge in [0, 0.05) is 11.6 Å². The topological polar surface area (TPSA) is 94.9 Å². The monoisotopic (exact) mass is 288 g/mol. The molecule has 6 heteroatoms. The van der Waals surface area contributed by atoms with Crippen molar-refractivity contribution in [3.8, 4) is 0 Å². The van der Waals surface area contributed by atoms with Crippen LogP contribution in [0.3, 0.4) is 0 Å². The number of ketones is 1. The second-order valence-electron chi connectivity index (χ2n) is 4.26. The van der Waals surface area contributed by atoms with Crippen LogP contribution in [-0.4, -0.2) is 21.5 Å². The summed E-state index contributed by atoms with van der Waals surface area (Å²) < 4.78 is 0. The van der Waals surface area contributed by atoms with Crippen molar-refractivity contribution in [1.82, 2.24) is 9.97 Å². The summed E-state index contributed by atoms with van der Waals surface area (Å²) in [5, 5.41) is 0.418. The van der Waals surface area contributed by atoms with Crippen LogP contribution in [0.4, 0.5) is 11.6 Å². The van der Waals surface area contributed by atoms with E-state index in [1.807, 2.05) is 24.3 Å². The van der Waals surface area contributed by atoms with Gasteiger partial charge in [-0.25, -0.2) is 9.97 Å². The molecule has 0 radical (unpaired) electrons. The number of thioether (sulfide) groups is 1. The van der Waals surface area contributed by atoms with E-state index in [-0.39, 0.29) is 11.5 Å². The van der Waals surface area contributed by atoms with Crippen molar-refractivity contribution in [1.29, 1.82) is 0 Å². The van der Waals surface area contributed by atoms with Crippen LogP contribution in [-0.2, 0) is 6.42 Å². The van der Waals surface area contributed by atoms with Crippen LogP contribution < -0.4 is 11.5 Å². The molecule has 0 saturated carbocycles. The molecule has 1 aromatic carbocycles. The largest absolute Gasteiger partial charge is 0.383 e. The Labute approximate surface area is 121 Å². The number of rotatable bonds is 5. The number of aryl methyl sites for hydroxylation is 1. The van der Waals surface area contributed by atoms with E-state index in [1.54, 1.807) is 0 Å². The lowest BCUT2D eigenvalue weighted by atomic mass is 10.1. The van der Waals surface area contributed by atoms with Gasteiger partial charge in [-0.05, 0) is 12.0 Å². The van der Waals surface area contributed by atoms with Crippen molar-refractivity contribution in [2.75, 3.05) is 17.2 Å². The maximum Gasteiger partial charge on any atom is 0.191 e. The highest BCUT2D eigenvalue weighted by atomic mass is 32.2. The van der Waals surface area contributed by atoms with Crippen LogP contribution in [0.2, 0.25) is 0 Å². The zero-order chi connectivity index (χ0) is 14.5. The number of carbonyl (C=O) groups excluding carboxylic acids is 1. The Morgan fingerprint density at radius 3 is 2.30 bits per heavy atom. The lowest BCUT2D eigenvalue weighted by molar-refractivity contribution is 0.102. The zero-order valence-electron chi connectivity index (χ0n) is 11.2. The first-order valence-electron chi connectivity index (χ1n) is 6.23. The molecular weight excluding hydrogens is 272 g/mol. The van der Waals surface area contributed by atoms with Crippen molar-refractivity contribution < 1.29 is 4.79 Å². The van der Waals surface area contributed by atoms with E-state index in [1.165, 1.54) is 23.4 Å². The van der Waals surface area contributed by atoms with Crippen LogP contribution in [0.25, 0.3) is 0 Å². The summed E-state index contributed by atoms with van der Waals surface area (Å²) in [5.74, 6) is 0.899. The Morgan fingerprint density at radius 2 is 1.75 bits per heavy atom. The molecule has 1 heterocycles. The summed E-state index contributed by atoms with van der Waals surface area (Å²) in [6.07, 6.45) is 0.958. The van der Waals surface area contributed by atoms with Gasteiger partial charge in [0.1, 0.15) is 11.6 Å². The SMILES string of the molecule is CCc1ccc(C(=O)CSc2nc(N)cc(N)n2)cc1. The van der Waals surface area contributed by atoms with Gasteiger partial charge >= 0.3 is 0 Å². The smallest absolute Gasteiger partial charge is 0.191 e. The third kappa shape index (κ3) is 3.71. The number of aromatic nitrogens is 2. The molecule has 0 aliphatic carbocycles. The molecule has 0 bridgehead atoms. The van der Waals surface area contributed by atoms with Crippen molar-refractivity contribution in [2.45, 2.75) is 18.5 Å². The first-order chi connectivity index (χ1) is 9.58. The molecule has 0 fully saturated rings. The third-order valence-corrected chi connectivity index (χ3v) is 3.61. The molecule has 0 unspecified atom stereocenters. The minimum absolute atomic E-state index is 0.0299. The van der Waals surface area contributed by atoms with E-state index in [9.17, 15) is 4.79 Å². The van der Waals surface area contributed by atoms with Gasteiger partial charge in [-0.15, -0.1) is 0 Å². The van der Waals surface area contributed by atoms with Crippen molar-refractivity contribution in [3.63, 3.8) is 0 Å². The molecule has 104 valence electrons. The van der Waals surface area contributed by atoms with Crippen LogP contribution in [0.15, 0.2) is 35.5 Å². The Kier molecular flexibility index (Phi) is 4.57. The average Bonchev–Trinajstić information content (AvgIpc) is 2.44. The highest BCUT2D eigenvalue weighted by molar-refractivity contribution is 7.99. The van der Waals surface area contributed by atoms with Gasteiger partial charge in [-0.3, -0.25) is 4.79 Å². The number of hydrogen-bond acceptors (Lipinski definition) is 6. The molecule has 0 spiro atoms. The number of nitrogen functional groups attached to an aromatic ring is 2. The molecule has 0 aliphatic rings. The van der Waals surface area contributed by atoms with Gasteiger partial charge in [0.05, 0.1) is 5.75 Å². The lowest BCUT2D eigenvalue weighted by Crippen LogP contribution is -2.05. The van der Waals surface area contributed by atoms with Gasteiger partial charge < -0.3 is 11.5 Å². The number of Topliss-reactive ketones (excluding diaryl/α,β-unsaturated/α-hetero) is 1. The highest BCUT2D eigenvalue weighted by Gasteiger charge is 2.09. The number of carbonyl (C=O) groups is 1. The summed E-state index contributed by atoms with van der Waals surface area (Å²) in [7, 11) is 0. The summed E-state index contributed by atoms with van der Waals surface area (Å²) in [6, 6.07) is 9.10. The predicted molar refractivity (Wildman–Crippen MR) is 81.7 cm³/mol. The van der Waals surface area contributed by atoms with Gasteiger partial charge in [-0.2, -0.15) is 0 Å². The molecule has 5 nitrogen and oxygen atoms in total. The molecule has 0 aliphatic heterocycles. The fraction of sp³-hybridized carbons (Fsp3) is 0.214. The molecule has 0 saturated heterocycles. The van der Waals surface area contributed by atoms with Gasteiger partial charge in [0.2, 0.25) is 0 Å². The van der Waals surface area contributed by atoms with E-state index in [0.29, 0.717) is 22.4 Å². The Hall–Kier alpha value is -2.08. The van der Waals surface area contributed by atoms with Crippen LogP contribution in [0.5, 0.6) is 0 Å². The minimum Gasteiger partial charge on any atom is -0.383 e. The lowest BCUT2D eigenvalue weighted by Gasteiger charge is -2.03. The van der Waals surface area contributed by atoms with Crippen LogP contribution in [0, 0.1) is 0 Å². The fourth-order valence-electron chi connectivity index (χ4n) is 1.67. The van der Waals surface area contributed by atoms with Crippen molar-refractivity contribution in [3.05, 3.63) is 41.5 Å².